The number of aromatic carboxylic acids is 1. The minimum absolute atomic E-state index is 0.109. The summed E-state index contributed by atoms with van der Waals surface area (Å²) in [6.45, 7) is 2.62. The Morgan fingerprint density at radius 2 is 2.00 bits per heavy atom. The Morgan fingerprint density at radius 3 is 2.57 bits per heavy atom. The van der Waals surface area contributed by atoms with E-state index in [0.29, 0.717) is 18.8 Å². The fourth-order valence-corrected chi connectivity index (χ4v) is 3.36. The van der Waals surface area contributed by atoms with Crippen LogP contribution in [0.2, 0.25) is 0 Å². The monoisotopic (exact) mass is 346 g/mol. The fraction of sp³-hybridized carbons (Fsp3) is 0.500. The molecule has 0 unspecified atom stereocenters. The van der Waals surface area contributed by atoms with E-state index >= 15 is 0 Å². The number of nitrogens with one attached hydrogen (secondary N) is 2. The van der Waals surface area contributed by atoms with E-state index in [1.807, 2.05) is 0 Å². The molecule has 1 aromatic rings. The molecular formula is C14H22N2O6S. The Morgan fingerprint density at radius 1 is 1.30 bits per heavy atom. The van der Waals surface area contributed by atoms with Crippen molar-refractivity contribution in [1.29, 1.82) is 0 Å². The molecule has 23 heavy (non-hydrogen) atoms. The molecule has 0 aliphatic rings. The summed E-state index contributed by atoms with van der Waals surface area (Å²) in [5.74, 6) is -1.20. The number of hydrogen-bond donors (Lipinski definition) is 3. The van der Waals surface area contributed by atoms with Gasteiger partial charge in [0.2, 0.25) is 10.0 Å². The summed E-state index contributed by atoms with van der Waals surface area (Å²) in [6.07, 6.45) is 0. The number of carbonyl (C=O) groups is 1. The summed E-state index contributed by atoms with van der Waals surface area (Å²) in [4.78, 5) is 11.0. The predicted octanol–water partition coefficient (Wildman–Crippen LogP) is 0.756. The zero-order valence-corrected chi connectivity index (χ0v) is 14.1. The van der Waals surface area contributed by atoms with Gasteiger partial charge in [-0.25, -0.2) is 17.9 Å². The molecule has 0 spiro atoms. The second-order valence-corrected chi connectivity index (χ2v) is 6.60. The number of methoxy groups -OCH3 is 2. The van der Waals surface area contributed by atoms with Crippen LogP contribution in [0.3, 0.4) is 0 Å². The van der Waals surface area contributed by atoms with Crippen molar-refractivity contribution in [3.05, 3.63) is 23.8 Å². The molecule has 0 amide bonds. The molecule has 0 fully saturated rings. The Balaban J connectivity index is 3.16. The van der Waals surface area contributed by atoms with Gasteiger partial charge in [0.05, 0.1) is 24.5 Å². The van der Waals surface area contributed by atoms with Crippen LogP contribution in [0.4, 0.5) is 5.69 Å². The van der Waals surface area contributed by atoms with E-state index in [0.717, 1.165) is 6.07 Å². The van der Waals surface area contributed by atoms with Gasteiger partial charge in [-0.15, -0.1) is 0 Å². The van der Waals surface area contributed by atoms with Gasteiger partial charge in [0, 0.05) is 26.8 Å². The number of rotatable bonds is 10. The van der Waals surface area contributed by atoms with Crippen LogP contribution in [-0.4, -0.2) is 59.5 Å². The van der Waals surface area contributed by atoms with E-state index < -0.39 is 22.0 Å². The van der Waals surface area contributed by atoms with E-state index in [-0.39, 0.29) is 17.1 Å². The van der Waals surface area contributed by atoms with E-state index in [9.17, 15) is 13.2 Å². The molecule has 0 aliphatic heterocycles. The third-order valence-corrected chi connectivity index (χ3v) is 4.54. The number of hydrogen-bond acceptors (Lipinski definition) is 6. The molecule has 0 radical (unpaired) electrons. The first-order chi connectivity index (χ1) is 10.8. The van der Waals surface area contributed by atoms with Gasteiger partial charge in [-0.2, -0.15) is 0 Å². The Hall–Kier alpha value is -1.68. The number of carboxylic acid groups (broad SMARTS) is 1. The number of carboxylic acids is 1. The van der Waals surface area contributed by atoms with Gasteiger partial charge in [-0.1, -0.05) is 0 Å². The molecule has 0 aromatic heterocycles. The maximum Gasteiger partial charge on any atom is 0.335 e. The molecule has 3 N–H and O–H groups in total. The first kappa shape index (κ1) is 19.4. The lowest BCUT2D eigenvalue weighted by atomic mass is 10.2. The highest BCUT2D eigenvalue weighted by atomic mass is 32.2. The number of anilines is 1. The van der Waals surface area contributed by atoms with Crippen molar-refractivity contribution in [2.75, 3.05) is 39.3 Å². The minimum Gasteiger partial charge on any atom is -0.478 e. The number of ether oxygens (including phenoxy) is 2. The Labute approximate surface area is 135 Å². The highest BCUT2D eigenvalue weighted by molar-refractivity contribution is 7.89. The van der Waals surface area contributed by atoms with Crippen molar-refractivity contribution in [3.63, 3.8) is 0 Å². The zero-order chi connectivity index (χ0) is 17.5. The molecule has 0 aliphatic carbocycles. The highest BCUT2D eigenvalue weighted by Gasteiger charge is 2.22. The molecule has 8 nitrogen and oxygen atoms in total. The third kappa shape index (κ3) is 5.79. The van der Waals surface area contributed by atoms with Crippen molar-refractivity contribution in [2.45, 2.75) is 17.9 Å². The predicted molar refractivity (Wildman–Crippen MR) is 85.4 cm³/mol. The summed E-state index contributed by atoms with van der Waals surface area (Å²) in [5.41, 5.74) is 0.200. The van der Waals surface area contributed by atoms with Crippen LogP contribution < -0.4 is 10.0 Å². The molecule has 130 valence electrons. The SMILES string of the molecule is COCCNc1ccc(C(=O)O)cc1S(=O)(=O)N[C@@H](C)COC. The summed E-state index contributed by atoms with van der Waals surface area (Å²) in [6, 6.07) is 3.44. The van der Waals surface area contributed by atoms with E-state index in [2.05, 4.69) is 10.0 Å². The maximum atomic E-state index is 12.5. The summed E-state index contributed by atoms with van der Waals surface area (Å²) < 4.78 is 37.3. The molecule has 0 heterocycles. The van der Waals surface area contributed by atoms with Gasteiger partial charge in [-0.3, -0.25) is 0 Å². The summed E-state index contributed by atoms with van der Waals surface area (Å²) >= 11 is 0. The largest absolute Gasteiger partial charge is 0.478 e. The lowest BCUT2D eigenvalue weighted by Crippen LogP contribution is -2.36. The molecule has 0 bridgehead atoms. The van der Waals surface area contributed by atoms with Crippen LogP contribution in [0.5, 0.6) is 0 Å². The first-order valence-corrected chi connectivity index (χ1v) is 8.41. The normalized spacial score (nSPS) is 12.8. The minimum atomic E-state index is -3.90. The van der Waals surface area contributed by atoms with Crippen LogP contribution in [0, 0.1) is 0 Å². The second-order valence-electron chi connectivity index (χ2n) is 4.91. The third-order valence-electron chi connectivity index (χ3n) is 2.91. The smallest absolute Gasteiger partial charge is 0.335 e. The van der Waals surface area contributed by atoms with Gasteiger partial charge in [0.15, 0.2) is 0 Å². The standard InChI is InChI=1S/C14H22N2O6S/c1-10(9-22-3)16-23(19,20)13-8-11(14(17)18)4-5-12(13)15-6-7-21-2/h4-5,8,10,15-16H,6-7,9H2,1-3H3,(H,17,18)/t10-/m0/s1. The highest BCUT2D eigenvalue weighted by Crippen LogP contribution is 2.23. The van der Waals surface area contributed by atoms with Crippen molar-refractivity contribution < 1.29 is 27.8 Å². The molecule has 1 rings (SSSR count). The van der Waals surface area contributed by atoms with Crippen LogP contribution in [0.1, 0.15) is 17.3 Å². The maximum absolute atomic E-state index is 12.5. The van der Waals surface area contributed by atoms with Gasteiger partial charge in [0.1, 0.15) is 4.90 Å². The Bertz CT molecular complexity index is 632. The second kappa shape index (κ2) is 8.82. The summed E-state index contributed by atoms with van der Waals surface area (Å²) in [7, 11) is -0.908. The molecule has 1 atom stereocenters. The number of sulfonamides is 1. The van der Waals surface area contributed by atoms with Crippen LogP contribution >= 0.6 is 0 Å². The van der Waals surface area contributed by atoms with Crippen molar-refractivity contribution in [2.24, 2.45) is 0 Å². The Kier molecular flexibility index (Phi) is 7.43. The number of benzene rings is 1. The lowest BCUT2D eigenvalue weighted by molar-refractivity contribution is 0.0696. The van der Waals surface area contributed by atoms with Gasteiger partial charge in [0.25, 0.3) is 0 Å². The van der Waals surface area contributed by atoms with Crippen LogP contribution in [0.25, 0.3) is 0 Å². The fourth-order valence-electron chi connectivity index (χ4n) is 1.92. The quantitative estimate of drug-likeness (QED) is 0.536. The average Bonchev–Trinajstić information content (AvgIpc) is 2.47. The van der Waals surface area contributed by atoms with Crippen LogP contribution in [0.15, 0.2) is 23.1 Å². The van der Waals surface area contributed by atoms with Crippen molar-refractivity contribution in [3.8, 4) is 0 Å². The first-order valence-electron chi connectivity index (χ1n) is 6.93. The van der Waals surface area contributed by atoms with E-state index in [1.165, 1.54) is 26.4 Å². The van der Waals surface area contributed by atoms with Crippen molar-refractivity contribution >= 4 is 21.7 Å². The molecule has 0 saturated carbocycles. The zero-order valence-electron chi connectivity index (χ0n) is 13.3. The average molecular weight is 346 g/mol. The molecule has 0 saturated heterocycles. The summed E-state index contributed by atoms with van der Waals surface area (Å²) in [5, 5.41) is 12.0. The van der Waals surface area contributed by atoms with Gasteiger partial charge >= 0.3 is 5.97 Å². The lowest BCUT2D eigenvalue weighted by Gasteiger charge is -2.17. The van der Waals surface area contributed by atoms with Gasteiger partial charge in [-0.05, 0) is 25.1 Å². The van der Waals surface area contributed by atoms with E-state index in [4.69, 9.17) is 14.6 Å². The molecular weight excluding hydrogens is 324 g/mol. The van der Waals surface area contributed by atoms with E-state index in [1.54, 1.807) is 6.92 Å². The van der Waals surface area contributed by atoms with Gasteiger partial charge < -0.3 is 19.9 Å². The molecule has 1 aromatic carbocycles. The topological polar surface area (TPSA) is 114 Å². The van der Waals surface area contributed by atoms with Crippen LogP contribution in [-0.2, 0) is 19.5 Å². The van der Waals surface area contributed by atoms with Crippen molar-refractivity contribution in [1.82, 2.24) is 4.72 Å². The molecule has 9 heteroatoms.